The highest BCUT2D eigenvalue weighted by atomic mass is 32.2. The highest BCUT2D eigenvalue weighted by Crippen LogP contribution is 2.44. The van der Waals surface area contributed by atoms with Crippen molar-refractivity contribution in [2.24, 2.45) is 4.40 Å². The van der Waals surface area contributed by atoms with Gasteiger partial charge in [-0.3, -0.25) is 9.52 Å². The van der Waals surface area contributed by atoms with E-state index in [0.717, 1.165) is 31.6 Å². The molecule has 2 aliphatic carbocycles. The van der Waals surface area contributed by atoms with Gasteiger partial charge in [0, 0.05) is 11.3 Å². The van der Waals surface area contributed by atoms with Gasteiger partial charge < -0.3 is 10.4 Å². The van der Waals surface area contributed by atoms with Gasteiger partial charge in [0.25, 0.3) is 10.0 Å². The van der Waals surface area contributed by atoms with Crippen LogP contribution in [0, 0.1) is 0 Å². The predicted molar refractivity (Wildman–Crippen MR) is 138 cm³/mol. The minimum absolute atomic E-state index is 0.0571. The molecule has 36 heavy (non-hydrogen) atoms. The Morgan fingerprint density at radius 3 is 2.58 bits per heavy atom. The van der Waals surface area contributed by atoms with Crippen LogP contribution >= 0.6 is 0 Å². The Morgan fingerprint density at radius 1 is 1.19 bits per heavy atom. The molecule has 1 heterocycles. The van der Waals surface area contributed by atoms with Gasteiger partial charge in [0.2, 0.25) is 10.0 Å². The van der Waals surface area contributed by atoms with Crippen molar-refractivity contribution >= 4 is 48.8 Å². The molecular weight excluding hydrogens is 502 g/mol. The summed E-state index contributed by atoms with van der Waals surface area (Å²) in [7, 11) is -7.94. The number of sulfonamides is 2. The van der Waals surface area contributed by atoms with Gasteiger partial charge in [-0.2, -0.15) is 8.42 Å². The van der Waals surface area contributed by atoms with Gasteiger partial charge in [0.15, 0.2) is 11.6 Å². The Labute approximate surface area is 209 Å². The Bertz CT molecular complexity index is 1610. The molecule has 2 aromatic rings. The summed E-state index contributed by atoms with van der Waals surface area (Å²) in [6, 6.07) is 11.0. The fraction of sp³-hybridized carbons (Fsp3) is 0.280. The third kappa shape index (κ3) is 4.11. The molecule has 9 nitrogen and oxygen atoms in total. The molecule has 0 amide bonds. The van der Waals surface area contributed by atoms with Crippen LogP contribution in [0.4, 0.5) is 11.4 Å². The molecule has 3 N–H and O–H groups in total. The van der Waals surface area contributed by atoms with Crippen molar-refractivity contribution in [1.29, 1.82) is 0 Å². The minimum Gasteiger partial charge on any atom is -0.506 e. The van der Waals surface area contributed by atoms with E-state index in [1.165, 1.54) is 17.7 Å². The molecule has 5 rings (SSSR count). The van der Waals surface area contributed by atoms with Crippen LogP contribution < -0.4 is 10.0 Å². The van der Waals surface area contributed by atoms with Crippen LogP contribution in [0.1, 0.15) is 43.7 Å². The summed E-state index contributed by atoms with van der Waals surface area (Å²) in [5.41, 5.74) is 1.34. The van der Waals surface area contributed by atoms with Crippen LogP contribution in [0.5, 0.6) is 0 Å². The Morgan fingerprint density at radius 2 is 1.92 bits per heavy atom. The van der Waals surface area contributed by atoms with E-state index in [-0.39, 0.29) is 33.4 Å². The molecule has 188 valence electrons. The average molecular weight is 528 g/mol. The van der Waals surface area contributed by atoms with Gasteiger partial charge >= 0.3 is 0 Å². The molecule has 0 aromatic heterocycles. The quantitative estimate of drug-likeness (QED) is 0.501. The number of ketones is 1. The lowest BCUT2D eigenvalue weighted by Gasteiger charge is -2.36. The van der Waals surface area contributed by atoms with E-state index in [2.05, 4.69) is 20.5 Å². The van der Waals surface area contributed by atoms with E-state index in [1.54, 1.807) is 31.2 Å². The van der Waals surface area contributed by atoms with E-state index in [4.69, 9.17) is 0 Å². The lowest BCUT2D eigenvalue weighted by Crippen LogP contribution is -2.42. The first kappa shape index (κ1) is 24.3. The van der Waals surface area contributed by atoms with Crippen LogP contribution in [0.2, 0.25) is 0 Å². The second-order valence-corrected chi connectivity index (χ2v) is 12.8. The SMILES string of the molecule is CC1(CC=C2CCC2)C(=O)C(C2=NS(=O)(=O)c3cc(NS(C)(=O)=O)ccc3N2)=C(O)c2ccccc21. The number of aliphatic hydroxyl groups excluding tert-OH is 1. The zero-order valence-corrected chi connectivity index (χ0v) is 21.3. The molecule has 1 atom stereocenters. The van der Waals surface area contributed by atoms with Crippen LogP contribution in [-0.2, 0) is 30.3 Å². The molecule has 0 bridgehead atoms. The highest BCUT2D eigenvalue weighted by Gasteiger charge is 2.46. The van der Waals surface area contributed by atoms with Crippen LogP contribution in [-0.4, -0.2) is 39.8 Å². The Kier molecular flexibility index (Phi) is 5.60. The number of fused-ring (bicyclic) bond motifs is 2. The lowest BCUT2D eigenvalue weighted by molar-refractivity contribution is -0.120. The molecule has 1 saturated carbocycles. The number of allylic oxidation sites excluding steroid dienone is 2. The number of nitrogens with one attached hydrogen (secondary N) is 2. The van der Waals surface area contributed by atoms with Crippen molar-refractivity contribution in [3.05, 3.63) is 70.8 Å². The first-order chi connectivity index (χ1) is 16.9. The molecule has 1 fully saturated rings. The number of carbonyl (C=O) groups is 1. The largest absolute Gasteiger partial charge is 0.506 e. The molecule has 0 saturated heterocycles. The van der Waals surface area contributed by atoms with Gasteiger partial charge in [-0.15, -0.1) is 4.40 Å². The summed E-state index contributed by atoms with van der Waals surface area (Å²) in [6.45, 7) is 1.80. The topological polar surface area (TPSA) is 142 Å². The molecule has 1 aliphatic heterocycles. The predicted octanol–water partition coefficient (Wildman–Crippen LogP) is 3.88. The summed E-state index contributed by atoms with van der Waals surface area (Å²) < 4.78 is 55.4. The van der Waals surface area contributed by atoms with Crippen molar-refractivity contribution in [2.45, 2.75) is 42.9 Å². The summed E-state index contributed by atoms with van der Waals surface area (Å²) in [5.74, 6) is -1.05. The number of nitrogens with zero attached hydrogens (tertiary/aromatic N) is 1. The van der Waals surface area contributed by atoms with Crippen molar-refractivity contribution in [1.82, 2.24) is 0 Å². The van der Waals surface area contributed by atoms with Gasteiger partial charge in [-0.25, -0.2) is 8.42 Å². The summed E-state index contributed by atoms with van der Waals surface area (Å²) in [6.07, 6.45) is 6.55. The van der Waals surface area contributed by atoms with E-state index in [0.29, 0.717) is 17.5 Å². The zero-order chi connectivity index (χ0) is 25.9. The second-order valence-electron chi connectivity index (χ2n) is 9.48. The van der Waals surface area contributed by atoms with Gasteiger partial charge in [-0.05, 0) is 56.4 Å². The number of Topliss-reactive ketones (excluding diaryl/α,β-unsaturated/α-hetero) is 1. The van der Waals surface area contributed by atoms with Crippen molar-refractivity contribution in [3.8, 4) is 0 Å². The smallest absolute Gasteiger partial charge is 0.286 e. The summed E-state index contributed by atoms with van der Waals surface area (Å²) >= 11 is 0. The zero-order valence-electron chi connectivity index (χ0n) is 19.7. The molecular formula is C25H25N3O6S2. The number of aliphatic hydroxyl groups is 1. The fourth-order valence-electron chi connectivity index (χ4n) is 4.71. The highest BCUT2D eigenvalue weighted by molar-refractivity contribution is 7.92. The number of benzene rings is 2. The van der Waals surface area contributed by atoms with Crippen molar-refractivity contribution in [2.75, 3.05) is 16.3 Å². The fourth-order valence-corrected chi connectivity index (χ4v) is 6.42. The van der Waals surface area contributed by atoms with Crippen molar-refractivity contribution < 1.29 is 26.7 Å². The van der Waals surface area contributed by atoms with Crippen LogP contribution in [0.25, 0.3) is 5.76 Å². The lowest BCUT2D eigenvalue weighted by atomic mass is 9.67. The monoisotopic (exact) mass is 527 g/mol. The number of hydrogen-bond donors (Lipinski definition) is 3. The van der Waals surface area contributed by atoms with Gasteiger partial charge in [0.05, 0.1) is 17.4 Å². The number of hydrogen-bond acceptors (Lipinski definition) is 7. The third-order valence-electron chi connectivity index (χ3n) is 6.80. The molecule has 1 unspecified atom stereocenters. The standard InChI is InChI=1S/C25H25N3O6S2/c1-25(13-12-15-6-5-7-15)18-9-4-3-8-17(18)22(29)21(23(25)30)24-26-19-11-10-16(27-35(2,31)32)14-20(19)36(33,34)28-24/h3-4,8-12,14,27,29H,5-7,13H2,1-2H3,(H,26,28). The van der Waals surface area contributed by atoms with E-state index in [9.17, 15) is 26.7 Å². The van der Waals surface area contributed by atoms with E-state index < -0.39 is 31.2 Å². The Balaban J connectivity index is 1.61. The van der Waals surface area contributed by atoms with E-state index >= 15 is 0 Å². The van der Waals surface area contributed by atoms with Gasteiger partial charge in [-0.1, -0.05) is 35.9 Å². The minimum atomic E-state index is -4.32. The van der Waals surface area contributed by atoms with Crippen molar-refractivity contribution in [3.63, 3.8) is 0 Å². The number of anilines is 2. The second kappa shape index (κ2) is 8.31. The first-order valence-electron chi connectivity index (χ1n) is 11.4. The van der Waals surface area contributed by atoms with Gasteiger partial charge in [0.1, 0.15) is 16.2 Å². The van der Waals surface area contributed by atoms with Crippen LogP contribution in [0.3, 0.4) is 0 Å². The molecule has 0 radical (unpaired) electrons. The summed E-state index contributed by atoms with van der Waals surface area (Å²) in [4.78, 5) is 13.7. The number of amidine groups is 1. The molecule has 2 aromatic carbocycles. The number of carbonyl (C=O) groups excluding carboxylic acids is 1. The maximum absolute atomic E-state index is 13.9. The maximum atomic E-state index is 13.9. The first-order valence-corrected chi connectivity index (χ1v) is 14.7. The summed E-state index contributed by atoms with van der Waals surface area (Å²) in [5, 5.41) is 14.0. The van der Waals surface area contributed by atoms with E-state index in [1.807, 2.05) is 0 Å². The average Bonchev–Trinajstić information content (AvgIpc) is 2.76. The number of rotatable bonds is 5. The third-order valence-corrected chi connectivity index (χ3v) is 8.72. The molecule has 0 spiro atoms. The molecule has 3 aliphatic rings. The van der Waals surface area contributed by atoms with Crippen LogP contribution in [0.15, 0.2) is 69.0 Å². The molecule has 11 heteroatoms. The maximum Gasteiger partial charge on any atom is 0.286 e. The normalized spacial score (nSPS) is 22.6. The Hall–Kier alpha value is -3.44.